The number of rotatable bonds is 6. The van der Waals surface area contributed by atoms with Crippen LogP contribution in [0.5, 0.6) is 11.5 Å². The van der Waals surface area contributed by atoms with E-state index in [1.165, 1.54) is 13.2 Å². The van der Waals surface area contributed by atoms with Crippen molar-refractivity contribution < 1.29 is 23.8 Å². The molecule has 0 unspecified atom stereocenters. The summed E-state index contributed by atoms with van der Waals surface area (Å²) in [5.74, 6) is 0.545. The number of Topliss-reactive ketones (excluding diaryl/α,β-unsaturated/α-hetero) is 1. The van der Waals surface area contributed by atoms with Gasteiger partial charge in [-0.15, -0.1) is 0 Å². The molecule has 180 valence electrons. The number of ketones is 1. The third-order valence-electron chi connectivity index (χ3n) is 5.89. The Bertz CT molecular complexity index is 1500. The number of benzene rings is 3. The second-order valence-corrected chi connectivity index (χ2v) is 8.27. The summed E-state index contributed by atoms with van der Waals surface area (Å²) in [6.07, 6.45) is 3.55. The predicted octanol–water partition coefficient (Wildman–Crippen LogP) is 5.65. The molecule has 0 amide bonds. The number of ether oxygens (including phenoxy) is 3. The maximum Gasteiger partial charge on any atom is 0.337 e. The van der Waals surface area contributed by atoms with E-state index in [1.807, 2.05) is 68.6 Å². The number of aryl methyl sites for hydroxylation is 1. The molecular weight excluding hydrogens is 456 g/mol. The van der Waals surface area contributed by atoms with Crippen molar-refractivity contribution in [3.8, 4) is 28.4 Å². The lowest BCUT2D eigenvalue weighted by Crippen LogP contribution is -2.03. The van der Waals surface area contributed by atoms with Gasteiger partial charge in [0.2, 0.25) is 5.78 Å². The van der Waals surface area contributed by atoms with Gasteiger partial charge in [-0.2, -0.15) is 5.10 Å². The Kier molecular flexibility index (Phi) is 6.12. The monoisotopic (exact) mass is 480 g/mol. The third-order valence-corrected chi connectivity index (χ3v) is 5.89. The number of aromatic nitrogens is 2. The number of para-hydroxylation sites is 1. The molecular formula is C29H24N2O5. The van der Waals surface area contributed by atoms with Gasteiger partial charge < -0.3 is 14.2 Å². The van der Waals surface area contributed by atoms with Crippen LogP contribution >= 0.6 is 0 Å². The van der Waals surface area contributed by atoms with E-state index in [9.17, 15) is 9.59 Å². The Morgan fingerprint density at radius 1 is 1.08 bits per heavy atom. The highest BCUT2D eigenvalue weighted by atomic mass is 16.5. The normalized spacial score (nSPS) is 13.4. The standard InChI is InChI=1S/C29H24N2O5/c1-4-35-24-12-10-19(14-18(24)2)27-21(17-31(30-27)22-8-6-5-7-9-22)16-26-28(32)23-15-20(29(33)34-3)11-13-25(23)36-26/h5-17H,4H2,1-3H3/b26-16-. The Labute approximate surface area is 208 Å². The first-order chi connectivity index (χ1) is 17.5. The minimum absolute atomic E-state index is 0.156. The molecule has 4 aromatic rings. The molecule has 3 aromatic carbocycles. The zero-order chi connectivity index (χ0) is 25.2. The van der Waals surface area contributed by atoms with Crippen molar-refractivity contribution in [2.24, 2.45) is 0 Å². The van der Waals surface area contributed by atoms with Gasteiger partial charge in [0.15, 0.2) is 5.76 Å². The van der Waals surface area contributed by atoms with Crippen LogP contribution in [-0.2, 0) is 4.74 Å². The highest BCUT2D eigenvalue weighted by molar-refractivity contribution is 6.15. The molecule has 0 saturated heterocycles. The van der Waals surface area contributed by atoms with Crippen molar-refractivity contribution in [2.75, 3.05) is 13.7 Å². The molecule has 7 heteroatoms. The Hall–Kier alpha value is -4.65. The molecule has 0 spiro atoms. The lowest BCUT2D eigenvalue weighted by molar-refractivity contribution is 0.0600. The molecule has 0 fully saturated rings. The zero-order valence-electron chi connectivity index (χ0n) is 20.1. The van der Waals surface area contributed by atoms with Gasteiger partial charge in [-0.25, -0.2) is 9.48 Å². The van der Waals surface area contributed by atoms with Gasteiger partial charge in [0.1, 0.15) is 17.2 Å². The van der Waals surface area contributed by atoms with E-state index in [-0.39, 0.29) is 17.1 Å². The molecule has 1 aromatic heterocycles. The van der Waals surface area contributed by atoms with Crippen LogP contribution in [0.15, 0.2) is 78.7 Å². The number of carbonyl (C=O) groups is 2. The first kappa shape index (κ1) is 23.1. The highest BCUT2D eigenvalue weighted by Crippen LogP contribution is 2.35. The van der Waals surface area contributed by atoms with Crippen LogP contribution in [0.1, 0.15) is 38.8 Å². The van der Waals surface area contributed by atoms with E-state index in [1.54, 1.807) is 22.9 Å². The minimum atomic E-state index is -0.514. The first-order valence-electron chi connectivity index (χ1n) is 11.5. The van der Waals surface area contributed by atoms with Gasteiger partial charge in [-0.1, -0.05) is 18.2 Å². The largest absolute Gasteiger partial charge is 0.494 e. The second-order valence-electron chi connectivity index (χ2n) is 8.27. The van der Waals surface area contributed by atoms with Crippen molar-refractivity contribution in [2.45, 2.75) is 13.8 Å². The smallest absolute Gasteiger partial charge is 0.337 e. The fourth-order valence-corrected chi connectivity index (χ4v) is 4.12. The summed E-state index contributed by atoms with van der Waals surface area (Å²) in [5, 5.41) is 4.84. The molecule has 5 rings (SSSR count). The van der Waals surface area contributed by atoms with Crippen LogP contribution in [0.2, 0.25) is 0 Å². The molecule has 0 atom stereocenters. The number of allylic oxidation sites excluding steroid dienone is 1. The van der Waals surface area contributed by atoms with E-state index < -0.39 is 5.97 Å². The van der Waals surface area contributed by atoms with Crippen molar-refractivity contribution in [1.82, 2.24) is 9.78 Å². The lowest BCUT2D eigenvalue weighted by Gasteiger charge is -2.08. The maximum atomic E-state index is 13.2. The van der Waals surface area contributed by atoms with E-state index >= 15 is 0 Å². The van der Waals surface area contributed by atoms with E-state index in [4.69, 9.17) is 19.3 Å². The highest BCUT2D eigenvalue weighted by Gasteiger charge is 2.29. The molecule has 0 saturated carbocycles. The van der Waals surface area contributed by atoms with Crippen molar-refractivity contribution in [1.29, 1.82) is 0 Å². The number of esters is 1. The number of fused-ring (bicyclic) bond motifs is 1. The molecule has 2 heterocycles. The Morgan fingerprint density at radius 3 is 2.61 bits per heavy atom. The van der Waals surface area contributed by atoms with Crippen LogP contribution in [0, 0.1) is 6.92 Å². The number of carbonyl (C=O) groups excluding carboxylic acids is 2. The van der Waals surface area contributed by atoms with E-state index in [0.29, 0.717) is 29.2 Å². The summed E-state index contributed by atoms with van der Waals surface area (Å²) in [7, 11) is 1.30. The molecule has 0 aliphatic carbocycles. The SMILES string of the molecule is CCOc1ccc(-c2nn(-c3ccccc3)cc2/C=C2\Oc3ccc(C(=O)OC)cc3C2=O)cc1C. The van der Waals surface area contributed by atoms with Crippen LogP contribution in [0.4, 0.5) is 0 Å². The van der Waals surface area contributed by atoms with E-state index in [2.05, 4.69) is 0 Å². The lowest BCUT2D eigenvalue weighted by atomic mass is 10.0. The first-order valence-corrected chi connectivity index (χ1v) is 11.5. The average Bonchev–Trinajstić information content (AvgIpc) is 3.46. The van der Waals surface area contributed by atoms with Gasteiger partial charge in [-0.3, -0.25) is 4.79 Å². The quantitative estimate of drug-likeness (QED) is 0.262. The van der Waals surface area contributed by atoms with Gasteiger partial charge in [-0.05, 0) is 74.0 Å². The van der Waals surface area contributed by atoms with Crippen molar-refractivity contribution in [3.05, 3.63) is 101 Å². The number of nitrogens with zero attached hydrogens (tertiary/aromatic N) is 2. The second kappa shape index (κ2) is 9.54. The molecule has 36 heavy (non-hydrogen) atoms. The fraction of sp³-hybridized carbons (Fsp3) is 0.138. The van der Waals surface area contributed by atoms with Crippen LogP contribution in [0.3, 0.4) is 0 Å². The van der Waals surface area contributed by atoms with E-state index in [0.717, 1.165) is 22.6 Å². The summed E-state index contributed by atoms with van der Waals surface area (Å²) < 4.78 is 18.1. The summed E-state index contributed by atoms with van der Waals surface area (Å²) in [6, 6.07) is 20.3. The summed E-state index contributed by atoms with van der Waals surface area (Å²) in [5.41, 5.74) is 4.77. The van der Waals surface area contributed by atoms with Gasteiger partial charge in [0, 0.05) is 17.3 Å². The van der Waals surface area contributed by atoms with Crippen LogP contribution in [-0.4, -0.2) is 35.2 Å². The third kappa shape index (κ3) is 4.27. The Balaban J connectivity index is 1.58. The fourth-order valence-electron chi connectivity index (χ4n) is 4.12. The number of methoxy groups -OCH3 is 1. The minimum Gasteiger partial charge on any atom is -0.494 e. The zero-order valence-corrected chi connectivity index (χ0v) is 20.1. The topological polar surface area (TPSA) is 79.7 Å². The van der Waals surface area contributed by atoms with Crippen LogP contribution in [0.25, 0.3) is 23.0 Å². The van der Waals surface area contributed by atoms with Gasteiger partial charge >= 0.3 is 5.97 Å². The van der Waals surface area contributed by atoms with Crippen LogP contribution < -0.4 is 9.47 Å². The number of hydrogen-bond donors (Lipinski definition) is 0. The molecule has 0 bridgehead atoms. The molecule has 1 aliphatic heterocycles. The van der Waals surface area contributed by atoms with Crippen molar-refractivity contribution >= 4 is 17.8 Å². The van der Waals surface area contributed by atoms with Crippen molar-refractivity contribution in [3.63, 3.8) is 0 Å². The van der Waals surface area contributed by atoms with Gasteiger partial charge in [0.25, 0.3) is 0 Å². The molecule has 1 aliphatic rings. The molecule has 0 N–H and O–H groups in total. The molecule has 0 radical (unpaired) electrons. The Morgan fingerprint density at radius 2 is 1.89 bits per heavy atom. The maximum absolute atomic E-state index is 13.2. The summed E-state index contributed by atoms with van der Waals surface area (Å²) in [6.45, 7) is 4.52. The van der Waals surface area contributed by atoms with Gasteiger partial charge in [0.05, 0.1) is 30.5 Å². The average molecular weight is 481 g/mol. The summed E-state index contributed by atoms with van der Waals surface area (Å²) >= 11 is 0. The number of hydrogen-bond acceptors (Lipinski definition) is 6. The predicted molar refractivity (Wildman–Crippen MR) is 136 cm³/mol. The summed E-state index contributed by atoms with van der Waals surface area (Å²) in [4.78, 5) is 25.1. The molecule has 7 nitrogen and oxygen atoms in total.